The van der Waals surface area contributed by atoms with E-state index in [2.05, 4.69) is 11.8 Å². The number of hydrogen-bond donors (Lipinski definition) is 1. The summed E-state index contributed by atoms with van der Waals surface area (Å²) in [4.78, 5) is 12.4. The Balaban J connectivity index is 2.57. The van der Waals surface area contributed by atoms with Crippen LogP contribution in [0.1, 0.15) is 42.2 Å². The molecule has 2 aromatic rings. The molecule has 5 nitrogen and oxygen atoms in total. The summed E-state index contributed by atoms with van der Waals surface area (Å²) in [6.07, 6.45) is 0. The number of benzene rings is 1. The second-order valence-electron chi connectivity index (χ2n) is 7.07. The molecule has 1 aromatic heterocycles. The number of aromatic carboxylic acids is 1. The van der Waals surface area contributed by atoms with Crippen LogP contribution in [-0.2, 0) is 9.09 Å². The van der Waals surface area contributed by atoms with Crippen molar-refractivity contribution in [3.63, 3.8) is 0 Å². The van der Waals surface area contributed by atoms with Crippen molar-refractivity contribution in [2.24, 2.45) is 5.41 Å². The van der Waals surface area contributed by atoms with Crippen molar-refractivity contribution < 1.29 is 19.0 Å². The van der Waals surface area contributed by atoms with E-state index in [1.54, 1.807) is 44.3 Å². The van der Waals surface area contributed by atoms with Gasteiger partial charge in [-0.15, -0.1) is 11.3 Å². The van der Waals surface area contributed by atoms with Crippen LogP contribution in [0.25, 0.3) is 0 Å². The third-order valence-electron chi connectivity index (χ3n) is 3.67. The largest absolute Gasteiger partial charge is 0.477 e. The average Bonchev–Trinajstić information content (AvgIpc) is 3.04. The van der Waals surface area contributed by atoms with E-state index in [1.807, 2.05) is 20.8 Å². The lowest BCUT2D eigenvalue weighted by atomic mass is 9.98. The summed E-state index contributed by atoms with van der Waals surface area (Å²) in [6, 6.07) is 8.16. The van der Waals surface area contributed by atoms with Crippen LogP contribution in [0.5, 0.6) is 0 Å². The van der Waals surface area contributed by atoms with E-state index in [1.165, 1.54) is 4.67 Å². The van der Waals surface area contributed by atoms with Gasteiger partial charge in [0.15, 0.2) is 0 Å². The van der Waals surface area contributed by atoms with Gasteiger partial charge in [-0.1, -0.05) is 23.4 Å². The fourth-order valence-electron chi connectivity index (χ4n) is 2.37. The molecule has 0 saturated heterocycles. The molecular formula is C20H23ClNO4PS. The van der Waals surface area contributed by atoms with Gasteiger partial charge in [0.05, 0.1) is 22.5 Å². The van der Waals surface area contributed by atoms with Crippen LogP contribution in [0.4, 0.5) is 5.69 Å². The molecular weight excluding hydrogens is 417 g/mol. The van der Waals surface area contributed by atoms with E-state index in [9.17, 15) is 14.5 Å². The van der Waals surface area contributed by atoms with Crippen molar-refractivity contribution in [3.05, 3.63) is 45.1 Å². The molecule has 150 valence electrons. The molecule has 0 spiro atoms. The van der Waals surface area contributed by atoms with E-state index in [-0.39, 0.29) is 16.9 Å². The molecule has 0 aliphatic carbocycles. The van der Waals surface area contributed by atoms with Crippen molar-refractivity contribution in [1.29, 1.82) is 0 Å². The highest BCUT2D eigenvalue weighted by Crippen LogP contribution is 2.52. The van der Waals surface area contributed by atoms with E-state index in [0.717, 1.165) is 11.3 Å². The van der Waals surface area contributed by atoms with Crippen LogP contribution < -0.4 is 9.97 Å². The minimum absolute atomic E-state index is 0.0644. The predicted molar refractivity (Wildman–Crippen MR) is 116 cm³/mol. The highest BCUT2D eigenvalue weighted by atomic mass is 35.5. The van der Waals surface area contributed by atoms with Gasteiger partial charge in [0, 0.05) is 17.5 Å². The number of thiophene rings is 1. The van der Waals surface area contributed by atoms with E-state index in [0.29, 0.717) is 20.9 Å². The van der Waals surface area contributed by atoms with Crippen molar-refractivity contribution in [3.8, 4) is 11.8 Å². The van der Waals surface area contributed by atoms with E-state index >= 15 is 0 Å². The Hall–Kier alpha value is -1.77. The number of anilines is 1. The smallest absolute Gasteiger partial charge is 0.348 e. The Morgan fingerprint density at radius 2 is 1.93 bits per heavy atom. The van der Waals surface area contributed by atoms with Crippen molar-refractivity contribution in [2.75, 3.05) is 18.3 Å². The van der Waals surface area contributed by atoms with Gasteiger partial charge in [0.25, 0.3) is 0 Å². The van der Waals surface area contributed by atoms with E-state index < -0.39 is 13.5 Å². The number of carboxylic acid groups (broad SMARTS) is 1. The first-order valence-corrected chi connectivity index (χ1v) is 11.4. The van der Waals surface area contributed by atoms with Crippen LogP contribution in [0, 0.1) is 17.3 Å². The van der Waals surface area contributed by atoms with E-state index in [4.69, 9.17) is 16.1 Å². The summed E-state index contributed by atoms with van der Waals surface area (Å²) in [5.74, 6) is 5.01. The molecule has 0 bridgehead atoms. The number of carboxylic acids is 1. The molecule has 1 unspecified atom stereocenters. The average molecular weight is 440 g/mol. The summed E-state index contributed by atoms with van der Waals surface area (Å²) < 4.78 is 20.8. The Morgan fingerprint density at radius 1 is 1.32 bits per heavy atom. The van der Waals surface area contributed by atoms with Gasteiger partial charge in [-0.25, -0.2) is 4.79 Å². The van der Waals surface area contributed by atoms with Crippen molar-refractivity contribution in [1.82, 2.24) is 0 Å². The highest BCUT2D eigenvalue weighted by molar-refractivity contribution is 7.68. The topological polar surface area (TPSA) is 66.8 Å². The number of rotatable bonds is 6. The van der Waals surface area contributed by atoms with Gasteiger partial charge in [-0.05, 0) is 58.0 Å². The minimum atomic E-state index is -3.54. The van der Waals surface area contributed by atoms with Gasteiger partial charge < -0.3 is 9.63 Å². The molecule has 1 aromatic carbocycles. The summed E-state index contributed by atoms with van der Waals surface area (Å²) >= 11 is 7.00. The second kappa shape index (κ2) is 8.71. The van der Waals surface area contributed by atoms with Crippen LogP contribution in [0.3, 0.4) is 0 Å². The maximum atomic E-state index is 13.8. The predicted octanol–water partition coefficient (Wildman–Crippen LogP) is 5.49. The summed E-state index contributed by atoms with van der Waals surface area (Å²) in [5.41, 5.74) is 0.0889. The number of hydrogen-bond acceptors (Lipinski definition) is 4. The lowest BCUT2D eigenvalue weighted by Gasteiger charge is -2.29. The van der Waals surface area contributed by atoms with Gasteiger partial charge in [0.2, 0.25) is 0 Å². The van der Waals surface area contributed by atoms with Gasteiger partial charge in [0.1, 0.15) is 4.88 Å². The Morgan fingerprint density at radius 3 is 2.43 bits per heavy atom. The molecule has 28 heavy (non-hydrogen) atoms. The first-order chi connectivity index (χ1) is 13.0. The standard InChI is InChI=1S/C20H23ClNO4PS/c1-6-26-27(25,15-9-7-14(21)8-10-15)22(5)17-13-16(11-12-20(2,3)4)28-18(17)19(23)24/h7-10,13H,6H2,1-5H3,(H,23,24). The zero-order valence-corrected chi connectivity index (χ0v) is 18.9. The summed E-state index contributed by atoms with van der Waals surface area (Å²) in [7, 11) is -1.97. The molecule has 0 aliphatic rings. The first kappa shape index (κ1) is 22.5. The van der Waals surface area contributed by atoms with Crippen LogP contribution in [0.2, 0.25) is 5.02 Å². The fourth-order valence-corrected chi connectivity index (χ4v) is 5.43. The second-order valence-corrected chi connectivity index (χ2v) is 11.0. The maximum absolute atomic E-state index is 13.8. The van der Waals surface area contributed by atoms with Gasteiger partial charge in [-0.2, -0.15) is 0 Å². The van der Waals surface area contributed by atoms with Gasteiger partial charge in [-0.3, -0.25) is 9.24 Å². The maximum Gasteiger partial charge on any atom is 0.348 e. The monoisotopic (exact) mass is 439 g/mol. The zero-order chi connectivity index (χ0) is 21.1. The normalized spacial score (nSPS) is 13.4. The molecule has 8 heteroatoms. The molecule has 1 heterocycles. The third-order valence-corrected chi connectivity index (χ3v) is 7.51. The quantitative estimate of drug-likeness (QED) is 0.476. The Kier molecular flexibility index (Phi) is 7.01. The molecule has 1 N–H and O–H groups in total. The molecule has 1 atom stereocenters. The summed E-state index contributed by atoms with van der Waals surface area (Å²) in [5, 5.41) is 10.6. The van der Waals surface area contributed by atoms with Crippen molar-refractivity contribution in [2.45, 2.75) is 27.7 Å². The summed E-state index contributed by atoms with van der Waals surface area (Å²) in [6.45, 7) is 7.86. The Labute approximate surface area is 174 Å². The first-order valence-electron chi connectivity index (χ1n) is 8.63. The molecule has 0 fully saturated rings. The molecule has 0 amide bonds. The third kappa shape index (κ3) is 5.18. The number of carbonyl (C=O) groups is 1. The van der Waals surface area contributed by atoms with Crippen LogP contribution >= 0.6 is 30.5 Å². The fraction of sp³-hybridized carbons (Fsp3) is 0.350. The highest BCUT2D eigenvalue weighted by Gasteiger charge is 2.34. The van der Waals surface area contributed by atoms with Gasteiger partial charge >= 0.3 is 13.5 Å². The lowest BCUT2D eigenvalue weighted by Crippen LogP contribution is -2.24. The lowest BCUT2D eigenvalue weighted by molar-refractivity contribution is 0.0703. The number of nitrogens with zero attached hydrogens (tertiary/aromatic N) is 1. The molecule has 2 rings (SSSR count). The molecule has 0 radical (unpaired) electrons. The molecule has 0 aliphatic heterocycles. The molecule has 0 saturated carbocycles. The minimum Gasteiger partial charge on any atom is -0.477 e. The van der Waals surface area contributed by atoms with Crippen LogP contribution in [0.15, 0.2) is 30.3 Å². The zero-order valence-electron chi connectivity index (χ0n) is 16.4. The number of halogens is 1. The van der Waals surface area contributed by atoms with Crippen LogP contribution in [-0.4, -0.2) is 24.7 Å². The SMILES string of the molecule is CCOP(=O)(c1ccc(Cl)cc1)N(C)c1cc(C#CC(C)(C)C)sc1C(=O)O. The Bertz CT molecular complexity index is 967. The van der Waals surface area contributed by atoms with Crippen molar-refractivity contribution >= 4 is 47.4 Å².